The van der Waals surface area contributed by atoms with Gasteiger partial charge in [0.15, 0.2) is 0 Å². The second-order valence-electron chi connectivity index (χ2n) is 4.17. The second kappa shape index (κ2) is 6.36. The van der Waals surface area contributed by atoms with E-state index in [1.807, 2.05) is 0 Å². The van der Waals surface area contributed by atoms with Gasteiger partial charge in [0.05, 0.1) is 6.04 Å². The van der Waals surface area contributed by atoms with Crippen LogP contribution in [0.1, 0.15) is 23.4 Å². The van der Waals surface area contributed by atoms with Crippen LogP contribution in [-0.4, -0.2) is 11.7 Å². The van der Waals surface area contributed by atoms with Gasteiger partial charge >= 0.3 is 0 Å². The Labute approximate surface area is 120 Å². The van der Waals surface area contributed by atoms with Gasteiger partial charge in [0, 0.05) is 21.6 Å². The van der Waals surface area contributed by atoms with Crippen molar-refractivity contribution in [1.82, 2.24) is 0 Å². The van der Waals surface area contributed by atoms with Crippen molar-refractivity contribution < 1.29 is 5.11 Å². The summed E-state index contributed by atoms with van der Waals surface area (Å²) in [7, 11) is 0. The van der Waals surface area contributed by atoms with Gasteiger partial charge in [-0.15, -0.1) is 11.3 Å². The van der Waals surface area contributed by atoms with E-state index in [2.05, 4.69) is 63.9 Å². The van der Waals surface area contributed by atoms with Gasteiger partial charge in [0.2, 0.25) is 0 Å². The first-order valence-corrected chi connectivity index (χ1v) is 7.57. The first kappa shape index (κ1) is 13.6. The maximum Gasteiger partial charge on any atom is 0.0589 e. The summed E-state index contributed by atoms with van der Waals surface area (Å²) in [5, 5.41) is 14.4. The molecule has 0 bridgehead atoms. The minimum absolute atomic E-state index is 0.200. The van der Waals surface area contributed by atoms with E-state index in [0.29, 0.717) is 6.42 Å². The molecule has 0 amide bonds. The molecule has 0 radical (unpaired) electrons. The normalized spacial score (nSPS) is 12.4. The lowest BCUT2D eigenvalue weighted by atomic mass is 10.1. The molecule has 1 aromatic heterocycles. The fourth-order valence-electron chi connectivity index (χ4n) is 1.83. The van der Waals surface area contributed by atoms with Crippen molar-refractivity contribution in [2.24, 2.45) is 0 Å². The average Bonchev–Trinajstić information content (AvgIpc) is 2.78. The Hall–Kier alpha value is -0.840. The standard InChI is InChI=1S/C14H16BrNOS/c1-10(14-13(15)7-9-18-14)16-12-4-2-11(3-5-12)6-8-17/h2-5,7,9-10,16-17H,6,8H2,1H3. The number of benzene rings is 1. The van der Waals surface area contributed by atoms with Crippen LogP contribution in [0.2, 0.25) is 0 Å². The molecule has 18 heavy (non-hydrogen) atoms. The van der Waals surface area contributed by atoms with Crippen LogP contribution in [-0.2, 0) is 6.42 Å². The summed E-state index contributed by atoms with van der Waals surface area (Å²) in [6.45, 7) is 2.35. The van der Waals surface area contributed by atoms with Gasteiger partial charge in [-0.2, -0.15) is 0 Å². The zero-order chi connectivity index (χ0) is 13.0. The lowest BCUT2D eigenvalue weighted by Gasteiger charge is -2.14. The van der Waals surface area contributed by atoms with Gasteiger partial charge in [-0.05, 0) is 58.4 Å². The lowest BCUT2D eigenvalue weighted by Crippen LogP contribution is -2.05. The Morgan fingerprint density at radius 2 is 2.00 bits per heavy atom. The van der Waals surface area contributed by atoms with Crippen LogP contribution in [0.5, 0.6) is 0 Å². The third-order valence-corrected chi connectivity index (χ3v) is 4.83. The van der Waals surface area contributed by atoms with E-state index in [1.165, 1.54) is 4.88 Å². The molecule has 96 valence electrons. The minimum Gasteiger partial charge on any atom is -0.396 e. The lowest BCUT2D eigenvalue weighted by molar-refractivity contribution is 0.299. The maximum atomic E-state index is 8.87. The number of nitrogens with one attached hydrogen (secondary N) is 1. The van der Waals surface area contributed by atoms with Gasteiger partial charge < -0.3 is 10.4 Å². The van der Waals surface area contributed by atoms with Crippen LogP contribution < -0.4 is 5.32 Å². The Balaban J connectivity index is 2.03. The van der Waals surface area contributed by atoms with Crippen molar-refractivity contribution in [2.45, 2.75) is 19.4 Å². The van der Waals surface area contributed by atoms with Crippen LogP contribution in [0.3, 0.4) is 0 Å². The van der Waals surface area contributed by atoms with Gasteiger partial charge in [-0.25, -0.2) is 0 Å². The fraction of sp³-hybridized carbons (Fsp3) is 0.286. The molecule has 0 spiro atoms. The molecule has 0 saturated heterocycles. The van der Waals surface area contributed by atoms with E-state index in [1.54, 1.807) is 11.3 Å². The smallest absolute Gasteiger partial charge is 0.0589 e. The highest BCUT2D eigenvalue weighted by Crippen LogP contribution is 2.30. The molecular formula is C14H16BrNOS. The third-order valence-electron chi connectivity index (χ3n) is 2.78. The van der Waals surface area contributed by atoms with Crippen molar-refractivity contribution >= 4 is 33.0 Å². The van der Waals surface area contributed by atoms with E-state index in [4.69, 9.17) is 5.11 Å². The van der Waals surface area contributed by atoms with Crippen molar-refractivity contribution in [3.63, 3.8) is 0 Å². The van der Waals surface area contributed by atoms with E-state index >= 15 is 0 Å². The van der Waals surface area contributed by atoms with E-state index in [-0.39, 0.29) is 12.6 Å². The second-order valence-corrected chi connectivity index (χ2v) is 5.97. The molecule has 1 unspecified atom stereocenters. The molecule has 2 aromatic rings. The first-order chi connectivity index (χ1) is 8.70. The number of hydrogen-bond donors (Lipinski definition) is 2. The van der Waals surface area contributed by atoms with Crippen molar-refractivity contribution in [2.75, 3.05) is 11.9 Å². The minimum atomic E-state index is 0.200. The van der Waals surface area contributed by atoms with Crippen molar-refractivity contribution in [3.8, 4) is 0 Å². The van der Waals surface area contributed by atoms with E-state index < -0.39 is 0 Å². The summed E-state index contributed by atoms with van der Waals surface area (Å²) in [6.07, 6.45) is 0.715. The molecule has 0 saturated carbocycles. The summed E-state index contributed by atoms with van der Waals surface area (Å²) in [4.78, 5) is 1.30. The van der Waals surface area contributed by atoms with Crippen LogP contribution in [0.25, 0.3) is 0 Å². The SMILES string of the molecule is CC(Nc1ccc(CCO)cc1)c1sccc1Br. The molecule has 1 atom stereocenters. The Morgan fingerprint density at radius 3 is 2.56 bits per heavy atom. The van der Waals surface area contributed by atoms with Gasteiger partial charge in [0.25, 0.3) is 0 Å². The molecule has 0 aliphatic carbocycles. The van der Waals surface area contributed by atoms with E-state index in [9.17, 15) is 0 Å². The van der Waals surface area contributed by atoms with Crippen LogP contribution >= 0.6 is 27.3 Å². The summed E-state index contributed by atoms with van der Waals surface area (Å²) in [5.74, 6) is 0. The Kier molecular flexibility index (Phi) is 4.80. The van der Waals surface area contributed by atoms with E-state index in [0.717, 1.165) is 15.7 Å². The number of aliphatic hydroxyl groups is 1. The maximum absolute atomic E-state index is 8.87. The Morgan fingerprint density at radius 1 is 1.28 bits per heavy atom. The van der Waals surface area contributed by atoms with Gasteiger partial charge in [-0.3, -0.25) is 0 Å². The summed E-state index contributed by atoms with van der Waals surface area (Å²) >= 11 is 5.30. The summed E-state index contributed by atoms with van der Waals surface area (Å²) in [5.41, 5.74) is 2.26. The first-order valence-electron chi connectivity index (χ1n) is 5.90. The number of aliphatic hydroxyl groups excluding tert-OH is 1. The molecule has 0 fully saturated rings. The third kappa shape index (κ3) is 3.34. The monoisotopic (exact) mass is 325 g/mol. The van der Waals surface area contributed by atoms with Crippen molar-refractivity contribution in [3.05, 3.63) is 50.6 Å². The van der Waals surface area contributed by atoms with Crippen LogP contribution in [0, 0.1) is 0 Å². The quantitative estimate of drug-likeness (QED) is 0.862. The molecule has 2 N–H and O–H groups in total. The largest absolute Gasteiger partial charge is 0.396 e. The van der Waals surface area contributed by atoms with Crippen molar-refractivity contribution in [1.29, 1.82) is 0 Å². The number of rotatable bonds is 5. The number of hydrogen-bond acceptors (Lipinski definition) is 3. The number of thiophene rings is 1. The van der Waals surface area contributed by atoms with Gasteiger partial charge in [0.1, 0.15) is 0 Å². The molecule has 2 rings (SSSR count). The fourth-order valence-corrected chi connectivity index (χ4v) is 3.55. The molecular weight excluding hydrogens is 310 g/mol. The topological polar surface area (TPSA) is 32.3 Å². The number of anilines is 1. The highest BCUT2D eigenvalue weighted by molar-refractivity contribution is 9.10. The number of halogens is 1. The Bertz CT molecular complexity index is 495. The average molecular weight is 326 g/mol. The van der Waals surface area contributed by atoms with Gasteiger partial charge in [-0.1, -0.05) is 12.1 Å². The molecule has 2 nitrogen and oxygen atoms in total. The predicted molar refractivity (Wildman–Crippen MR) is 81.3 cm³/mol. The molecule has 0 aliphatic rings. The summed E-state index contributed by atoms with van der Waals surface area (Å²) < 4.78 is 1.16. The zero-order valence-electron chi connectivity index (χ0n) is 10.2. The molecule has 4 heteroatoms. The highest BCUT2D eigenvalue weighted by Gasteiger charge is 2.10. The van der Waals surface area contributed by atoms with Crippen LogP contribution in [0.4, 0.5) is 5.69 Å². The summed E-state index contributed by atoms with van der Waals surface area (Å²) in [6, 6.07) is 10.6. The molecule has 1 heterocycles. The van der Waals surface area contributed by atoms with Crippen LogP contribution in [0.15, 0.2) is 40.2 Å². The molecule has 0 aliphatic heterocycles. The molecule has 1 aromatic carbocycles. The zero-order valence-corrected chi connectivity index (χ0v) is 12.6. The predicted octanol–water partition coefficient (Wildman–Crippen LogP) is 4.22. The highest BCUT2D eigenvalue weighted by atomic mass is 79.9.